The maximum absolute atomic E-state index is 11.9. The standard InChI is InChI=1S/C11H14N6O/c1-16-10(12-7-14-16)6-17-11(18)4-9(5-13-17)15-8-2-3-8/h4-5,7-8,15H,2-3,6H2,1H3. The van der Waals surface area contributed by atoms with E-state index in [-0.39, 0.29) is 5.56 Å². The van der Waals surface area contributed by atoms with E-state index >= 15 is 0 Å². The molecule has 2 aromatic heterocycles. The molecule has 7 nitrogen and oxygen atoms in total. The molecule has 0 aromatic carbocycles. The minimum absolute atomic E-state index is 0.136. The summed E-state index contributed by atoms with van der Waals surface area (Å²) < 4.78 is 3.01. The fraction of sp³-hybridized carbons (Fsp3) is 0.455. The molecular weight excluding hydrogens is 232 g/mol. The molecule has 1 fully saturated rings. The average Bonchev–Trinajstić information content (AvgIpc) is 3.06. The number of rotatable bonds is 4. The van der Waals surface area contributed by atoms with E-state index in [4.69, 9.17) is 0 Å². The van der Waals surface area contributed by atoms with Crippen molar-refractivity contribution in [2.45, 2.75) is 25.4 Å². The lowest BCUT2D eigenvalue weighted by Gasteiger charge is -2.06. The van der Waals surface area contributed by atoms with Crippen molar-refractivity contribution in [3.8, 4) is 0 Å². The summed E-state index contributed by atoms with van der Waals surface area (Å²) in [5, 5.41) is 11.3. The zero-order valence-corrected chi connectivity index (χ0v) is 10.1. The normalized spacial score (nSPS) is 14.7. The van der Waals surface area contributed by atoms with Gasteiger partial charge in [0.25, 0.3) is 5.56 Å². The van der Waals surface area contributed by atoms with Crippen LogP contribution in [0.5, 0.6) is 0 Å². The zero-order valence-electron chi connectivity index (χ0n) is 10.1. The topological polar surface area (TPSA) is 77.6 Å². The summed E-state index contributed by atoms with van der Waals surface area (Å²) in [6.07, 6.45) is 5.48. The number of aryl methyl sites for hydroxylation is 1. The first-order valence-electron chi connectivity index (χ1n) is 5.89. The fourth-order valence-electron chi connectivity index (χ4n) is 1.69. The van der Waals surface area contributed by atoms with Gasteiger partial charge in [0.15, 0.2) is 0 Å². The van der Waals surface area contributed by atoms with E-state index in [9.17, 15) is 4.79 Å². The Morgan fingerprint density at radius 3 is 2.89 bits per heavy atom. The lowest BCUT2D eigenvalue weighted by atomic mass is 10.4. The van der Waals surface area contributed by atoms with Crippen LogP contribution in [-0.4, -0.2) is 30.6 Å². The van der Waals surface area contributed by atoms with E-state index in [0.29, 0.717) is 18.4 Å². The Hall–Kier alpha value is -2.18. The van der Waals surface area contributed by atoms with Crippen molar-refractivity contribution in [3.63, 3.8) is 0 Å². The van der Waals surface area contributed by atoms with Crippen molar-refractivity contribution < 1.29 is 0 Å². The molecule has 0 atom stereocenters. The Morgan fingerprint density at radius 1 is 1.44 bits per heavy atom. The Kier molecular flexibility index (Phi) is 2.58. The Labute approximate surface area is 103 Å². The zero-order chi connectivity index (χ0) is 12.5. The van der Waals surface area contributed by atoms with Crippen LogP contribution < -0.4 is 10.9 Å². The molecule has 1 aliphatic carbocycles. The maximum Gasteiger partial charge on any atom is 0.269 e. The van der Waals surface area contributed by atoms with Crippen molar-refractivity contribution in [2.24, 2.45) is 7.05 Å². The van der Waals surface area contributed by atoms with Gasteiger partial charge in [-0.15, -0.1) is 0 Å². The van der Waals surface area contributed by atoms with Gasteiger partial charge in [0.05, 0.1) is 11.9 Å². The molecule has 0 saturated heterocycles. The Bertz CT molecular complexity index is 612. The van der Waals surface area contributed by atoms with Crippen molar-refractivity contribution in [1.29, 1.82) is 0 Å². The Morgan fingerprint density at radius 2 is 2.28 bits per heavy atom. The monoisotopic (exact) mass is 246 g/mol. The van der Waals surface area contributed by atoms with Crippen molar-refractivity contribution in [1.82, 2.24) is 24.5 Å². The van der Waals surface area contributed by atoms with E-state index in [2.05, 4.69) is 20.5 Å². The van der Waals surface area contributed by atoms with Crippen LogP contribution in [0.1, 0.15) is 18.7 Å². The fourth-order valence-corrected chi connectivity index (χ4v) is 1.69. The number of hydrogen-bond acceptors (Lipinski definition) is 5. The first kappa shape index (κ1) is 10.9. The molecule has 0 radical (unpaired) electrons. The van der Waals surface area contributed by atoms with Gasteiger partial charge in [-0.3, -0.25) is 9.48 Å². The summed E-state index contributed by atoms with van der Waals surface area (Å²) in [4.78, 5) is 16.0. The minimum Gasteiger partial charge on any atom is -0.381 e. The molecule has 2 aromatic rings. The highest BCUT2D eigenvalue weighted by atomic mass is 16.1. The molecular formula is C11H14N6O. The smallest absolute Gasteiger partial charge is 0.269 e. The van der Waals surface area contributed by atoms with Gasteiger partial charge in [-0.1, -0.05) is 0 Å². The predicted octanol–water partition coefficient (Wildman–Crippen LogP) is -0.00560. The highest BCUT2D eigenvalue weighted by molar-refractivity contribution is 5.41. The van der Waals surface area contributed by atoms with Crippen LogP contribution in [0.15, 0.2) is 23.4 Å². The summed E-state index contributed by atoms with van der Waals surface area (Å²) in [6.45, 7) is 0.332. The van der Waals surface area contributed by atoms with Gasteiger partial charge < -0.3 is 5.32 Å². The second-order valence-electron chi connectivity index (χ2n) is 4.46. The summed E-state index contributed by atoms with van der Waals surface area (Å²) in [5.41, 5.74) is 0.653. The molecule has 1 aliphatic rings. The molecule has 0 amide bonds. The molecule has 0 unspecified atom stereocenters. The van der Waals surface area contributed by atoms with Crippen LogP contribution in [0.2, 0.25) is 0 Å². The molecule has 18 heavy (non-hydrogen) atoms. The van der Waals surface area contributed by atoms with Gasteiger partial charge in [-0.05, 0) is 12.8 Å². The summed E-state index contributed by atoms with van der Waals surface area (Å²) in [7, 11) is 1.79. The van der Waals surface area contributed by atoms with Crippen molar-refractivity contribution in [2.75, 3.05) is 5.32 Å². The van der Waals surface area contributed by atoms with Gasteiger partial charge in [-0.25, -0.2) is 9.67 Å². The number of nitrogens with one attached hydrogen (secondary N) is 1. The number of hydrogen-bond donors (Lipinski definition) is 1. The first-order chi connectivity index (χ1) is 8.72. The lowest BCUT2D eigenvalue weighted by molar-refractivity contribution is 0.581. The molecule has 2 heterocycles. The Balaban J connectivity index is 1.80. The third-order valence-corrected chi connectivity index (χ3v) is 2.91. The quantitative estimate of drug-likeness (QED) is 0.821. The van der Waals surface area contributed by atoms with E-state index in [1.165, 1.54) is 23.9 Å². The highest BCUT2D eigenvalue weighted by Crippen LogP contribution is 2.23. The SMILES string of the molecule is Cn1ncnc1Cn1ncc(NC2CC2)cc1=O. The number of nitrogens with zero attached hydrogens (tertiary/aromatic N) is 5. The number of aromatic nitrogens is 5. The highest BCUT2D eigenvalue weighted by Gasteiger charge is 2.21. The third-order valence-electron chi connectivity index (χ3n) is 2.91. The van der Waals surface area contributed by atoms with E-state index < -0.39 is 0 Å². The first-order valence-corrected chi connectivity index (χ1v) is 5.89. The number of anilines is 1. The van der Waals surface area contributed by atoms with Gasteiger partial charge in [0.1, 0.15) is 18.7 Å². The minimum atomic E-state index is -0.136. The van der Waals surface area contributed by atoms with Gasteiger partial charge >= 0.3 is 0 Å². The second kappa shape index (κ2) is 4.25. The molecule has 7 heteroatoms. The molecule has 1 saturated carbocycles. The summed E-state index contributed by atoms with van der Waals surface area (Å²) in [5.74, 6) is 0.701. The molecule has 0 aliphatic heterocycles. The van der Waals surface area contributed by atoms with Gasteiger partial charge in [0, 0.05) is 19.2 Å². The average molecular weight is 246 g/mol. The molecule has 1 N–H and O–H groups in total. The van der Waals surface area contributed by atoms with Gasteiger partial charge in [-0.2, -0.15) is 10.2 Å². The lowest BCUT2D eigenvalue weighted by Crippen LogP contribution is -2.24. The van der Waals surface area contributed by atoms with Crippen LogP contribution >= 0.6 is 0 Å². The molecule has 3 rings (SSSR count). The molecule has 0 bridgehead atoms. The summed E-state index contributed by atoms with van der Waals surface area (Å²) >= 11 is 0. The van der Waals surface area contributed by atoms with Crippen molar-refractivity contribution >= 4 is 5.69 Å². The van der Waals surface area contributed by atoms with E-state index in [1.807, 2.05) is 0 Å². The predicted molar refractivity (Wildman–Crippen MR) is 65.2 cm³/mol. The second-order valence-corrected chi connectivity index (χ2v) is 4.46. The third kappa shape index (κ3) is 2.24. The summed E-state index contributed by atoms with van der Waals surface area (Å²) in [6, 6.07) is 2.09. The largest absolute Gasteiger partial charge is 0.381 e. The van der Waals surface area contributed by atoms with Crippen LogP contribution in [0.25, 0.3) is 0 Å². The maximum atomic E-state index is 11.9. The van der Waals surface area contributed by atoms with E-state index in [0.717, 1.165) is 5.69 Å². The van der Waals surface area contributed by atoms with Crippen LogP contribution in [0.3, 0.4) is 0 Å². The van der Waals surface area contributed by atoms with Crippen LogP contribution in [0.4, 0.5) is 5.69 Å². The van der Waals surface area contributed by atoms with Crippen LogP contribution in [-0.2, 0) is 13.6 Å². The van der Waals surface area contributed by atoms with Crippen LogP contribution in [0, 0.1) is 0 Å². The van der Waals surface area contributed by atoms with Crippen molar-refractivity contribution in [3.05, 3.63) is 34.8 Å². The van der Waals surface area contributed by atoms with E-state index in [1.54, 1.807) is 24.0 Å². The molecule has 94 valence electrons. The van der Waals surface area contributed by atoms with Gasteiger partial charge in [0.2, 0.25) is 0 Å². The molecule has 0 spiro atoms.